The Morgan fingerprint density at radius 2 is 1.86 bits per heavy atom. The quantitative estimate of drug-likeness (QED) is 0.779. The zero-order valence-electron chi connectivity index (χ0n) is 7.42. The first kappa shape index (κ1) is 8.50. The van der Waals surface area contributed by atoms with Crippen LogP contribution in [0.4, 0.5) is 5.69 Å². The Morgan fingerprint density at radius 3 is 2.57 bits per heavy atom. The standard InChI is InChI=1S/C10H9N3O/c11-8-4-3-7-13-10(8)14-9-5-1-2-6-12-9/h1-7H,11H2. The van der Waals surface area contributed by atoms with Gasteiger partial charge in [-0.15, -0.1) is 0 Å². The summed E-state index contributed by atoms with van der Waals surface area (Å²) in [5.74, 6) is 0.865. The molecule has 0 aliphatic carbocycles. The molecule has 2 N–H and O–H groups in total. The monoisotopic (exact) mass is 187 g/mol. The minimum atomic E-state index is 0.381. The molecule has 70 valence electrons. The first-order valence-electron chi connectivity index (χ1n) is 4.15. The second-order valence-electron chi connectivity index (χ2n) is 2.67. The number of nitrogens with two attached hydrogens (primary N) is 1. The van der Waals surface area contributed by atoms with Gasteiger partial charge in [0.25, 0.3) is 0 Å². The first-order chi connectivity index (χ1) is 6.86. The van der Waals surface area contributed by atoms with Crippen molar-refractivity contribution in [2.24, 2.45) is 0 Å². The second-order valence-corrected chi connectivity index (χ2v) is 2.67. The number of aromatic nitrogens is 2. The summed E-state index contributed by atoms with van der Waals surface area (Å²) in [5.41, 5.74) is 6.15. The second kappa shape index (κ2) is 3.74. The van der Waals surface area contributed by atoms with Crippen LogP contribution in [-0.4, -0.2) is 9.97 Å². The van der Waals surface area contributed by atoms with E-state index < -0.39 is 0 Å². The average molecular weight is 187 g/mol. The number of hydrogen-bond acceptors (Lipinski definition) is 4. The van der Waals surface area contributed by atoms with Crippen LogP contribution in [0.3, 0.4) is 0 Å². The van der Waals surface area contributed by atoms with E-state index in [0.717, 1.165) is 0 Å². The van der Waals surface area contributed by atoms with Crippen LogP contribution in [0.15, 0.2) is 42.7 Å². The van der Waals surface area contributed by atoms with Gasteiger partial charge in [-0.3, -0.25) is 0 Å². The highest BCUT2D eigenvalue weighted by Gasteiger charge is 2.01. The van der Waals surface area contributed by atoms with Gasteiger partial charge in [-0.2, -0.15) is 0 Å². The number of nitrogens with zero attached hydrogens (tertiary/aromatic N) is 2. The van der Waals surface area contributed by atoms with E-state index in [4.69, 9.17) is 10.5 Å². The van der Waals surface area contributed by atoms with Gasteiger partial charge in [0.2, 0.25) is 11.8 Å². The molecule has 0 atom stereocenters. The van der Waals surface area contributed by atoms with Crippen LogP contribution in [0.25, 0.3) is 0 Å². The summed E-state index contributed by atoms with van der Waals surface area (Å²) in [6.07, 6.45) is 3.27. The molecule has 2 rings (SSSR count). The predicted molar refractivity (Wildman–Crippen MR) is 53.0 cm³/mol. The number of nitrogen functional groups attached to an aromatic ring is 1. The molecule has 0 saturated carbocycles. The molecule has 0 aromatic carbocycles. The topological polar surface area (TPSA) is 61.0 Å². The van der Waals surface area contributed by atoms with E-state index in [0.29, 0.717) is 17.4 Å². The zero-order valence-corrected chi connectivity index (χ0v) is 7.42. The van der Waals surface area contributed by atoms with Crippen LogP contribution in [0.5, 0.6) is 11.8 Å². The fourth-order valence-electron chi connectivity index (χ4n) is 0.995. The van der Waals surface area contributed by atoms with E-state index >= 15 is 0 Å². The zero-order chi connectivity index (χ0) is 9.80. The molecule has 0 fully saturated rings. The molecule has 2 aromatic heterocycles. The van der Waals surface area contributed by atoms with Crippen LogP contribution in [0, 0.1) is 0 Å². The Kier molecular flexibility index (Phi) is 2.27. The third-order valence-electron chi connectivity index (χ3n) is 1.64. The highest BCUT2D eigenvalue weighted by Crippen LogP contribution is 2.21. The Labute approximate surface area is 81.4 Å². The third-order valence-corrected chi connectivity index (χ3v) is 1.64. The fraction of sp³-hybridized carbons (Fsp3) is 0. The molecule has 0 aliphatic rings. The lowest BCUT2D eigenvalue weighted by Gasteiger charge is -2.04. The van der Waals surface area contributed by atoms with Gasteiger partial charge in [0.15, 0.2) is 0 Å². The van der Waals surface area contributed by atoms with E-state index in [1.807, 2.05) is 12.1 Å². The van der Waals surface area contributed by atoms with Crippen LogP contribution < -0.4 is 10.5 Å². The van der Waals surface area contributed by atoms with Gasteiger partial charge in [-0.05, 0) is 18.2 Å². The maximum atomic E-state index is 5.65. The number of rotatable bonds is 2. The van der Waals surface area contributed by atoms with E-state index in [-0.39, 0.29) is 0 Å². The normalized spacial score (nSPS) is 9.71. The van der Waals surface area contributed by atoms with Gasteiger partial charge in [0, 0.05) is 18.5 Å². The molecule has 0 saturated heterocycles. The first-order valence-corrected chi connectivity index (χ1v) is 4.15. The minimum Gasteiger partial charge on any atom is -0.418 e. The Hall–Kier alpha value is -2.10. The van der Waals surface area contributed by atoms with Crippen molar-refractivity contribution >= 4 is 5.69 Å². The summed E-state index contributed by atoms with van der Waals surface area (Å²) in [6.45, 7) is 0. The highest BCUT2D eigenvalue weighted by atomic mass is 16.5. The summed E-state index contributed by atoms with van der Waals surface area (Å²) in [4.78, 5) is 7.98. The van der Waals surface area contributed by atoms with Crippen LogP contribution >= 0.6 is 0 Å². The molecule has 0 radical (unpaired) electrons. The van der Waals surface area contributed by atoms with Gasteiger partial charge in [-0.1, -0.05) is 6.07 Å². The molecule has 0 unspecified atom stereocenters. The van der Waals surface area contributed by atoms with E-state index in [2.05, 4.69) is 9.97 Å². The summed E-state index contributed by atoms with van der Waals surface area (Å²) >= 11 is 0. The molecule has 4 nitrogen and oxygen atoms in total. The van der Waals surface area contributed by atoms with Crippen molar-refractivity contribution in [3.8, 4) is 11.8 Å². The van der Waals surface area contributed by atoms with Crippen molar-refractivity contribution in [3.05, 3.63) is 42.7 Å². The lowest BCUT2D eigenvalue weighted by Crippen LogP contribution is -1.94. The minimum absolute atomic E-state index is 0.381. The van der Waals surface area contributed by atoms with Gasteiger partial charge >= 0.3 is 0 Å². The Bertz CT molecular complexity index is 417. The summed E-state index contributed by atoms with van der Waals surface area (Å²) in [7, 11) is 0. The molecule has 2 aromatic rings. The molecule has 0 aliphatic heterocycles. The Morgan fingerprint density at radius 1 is 1.00 bits per heavy atom. The third kappa shape index (κ3) is 1.80. The van der Waals surface area contributed by atoms with Crippen LogP contribution in [0.1, 0.15) is 0 Å². The number of pyridine rings is 2. The van der Waals surface area contributed by atoms with Gasteiger partial charge in [0.05, 0.1) is 5.69 Å². The molecule has 14 heavy (non-hydrogen) atoms. The number of ether oxygens (including phenoxy) is 1. The molecule has 0 spiro atoms. The SMILES string of the molecule is Nc1cccnc1Oc1ccccn1. The lowest BCUT2D eigenvalue weighted by molar-refractivity contribution is 0.447. The molecular formula is C10H9N3O. The van der Waals surface area contributed by atoms with Crippen molar-refractivity contribution in [3.63, 3.8) is 0 Å². The van der Waals surface area contributed by atoms with Gasteiger partial charge in [-0.25, -0.2) is 9.97 Å². The molecule has 2 heterocycles. The number of anilines is 1. The van der Waals surface area contributed by atoms with Crippen LogP contribution in [-0.2, 0) is 0 Å². The summed E-state index contributed by atoms with van der Waals surface area (Å²) in [6, 6.07) is 8.87. The maximum absolute atomic E-state index is 5.65. The highest BCUT2D eigenvalue weighted by molar-refractivity contribution is 5.48. The van der Waals surface area contributed by atoms with E-state index in [9.17, 15) is 0 Å². The smallest absolute Gasteiger partial charge is 0.244 e. The molecule has 4 heteroatoms. The molecule has 0 bridgehead atoms. The van der Waals surface area contributed by atoms with Crippen molar-refractivity contribution in [1.29, 1.82) is 0 Å². The Balaban J connectivity index is 2.24. The predicted octanol–water partition coefficient (Wildman–Crippen LogP) is 1.85. The fourth-order valence-corrected chi connectivity index (χ4v) is 0.995. The van der Waals surface area contributed by atoms with Crippen molar-refractivity contribution in [2.45, 2.75) is 0 Å². The maximum Gasteiger partial charge on any atom is 0.244 e. The van der Waals surface area contributed by atoms with Crippen molar-refractivity contribution < 1.29 is 4.74 Å². The van der Waals surface area contributed by atoms with Crippen molar-refractivity contribution in [2.75, 3.05) is 5.73 Å². The number of hydrogen-bond donors (Lipinski definition) is 1. The average Bonchev–Trinajstić information content (AvgIpc) is 2.23. The van der Waals surface area contributed by atoms with E-state index in [1.165, 1.54) is 0 Å². The summed E-state index contributed by atoms with van der Waals surface area (Å²) in [5, 5.41) is 0. The van der Waals surface area contributed by atoms with Crippen LogP contribution in [0.2, 0.25) is 0 Å². The lowest BCUT2D eigenvalue weighted by atomic mass is 10.4. The van der Waals surface area contributed by atoms with Crippen molar-refractivity contribution in [1.82, 2.24) is 9.97 Å². The molecular weight excluding hydrogens is 178 g/mol. The van der Waals surface area contributed by atoms with E-state index in [1.54, 1.807) is 30.6 Å². The largest absolute Gasteiger partial charge is 0.418 e. The van der Waals surface area contributed by atoms with Gasteiger partial charge < -0.3 is 10.5 Å². The molecule has 0 amide bonds. The van der Waals surface area contributed by atoms with Gasteiger partial charge in [0.1, 0.15) is 0 Å². The summed E-state index contributed by atoms with van der Waals surface area (Å²) < 4.78 is 5.36.